The van der Waals surface area contributed by atoms with Gasteiger partial charge in [0.2, 0.25) is 11.8 Å². The third-order valence-electron chi connectivity index (χ3n) is 8.42. The van der Waals surface area contributed by atoms with Gasteiger partial charge in [0.15, 0.2) is 0 Å². The predicted octanol–water partition coefficient (Wildman–Crippen LogP) is 5.29. The summed E-state index contributed by atoms with van der Waals surface area (Å²) in [6.07, 6.45) is 4.50. The van der Waals surface area contributed by atoms with Gasteiger partial charge in [-0.2, -0.15) is 0 Å². The molecule has 0 radical (unpaired) electrons. The molecule has 1 atom stereocenters. The fraction of sp³-hybridized carbons (Fsp3) is 0.250. The van der Waals surface area contributed by atoms with Crippen LogP contribution in [0.5, 0.6) is 5.88 Å². The summed E-state index contributed by atoms with van der Waals surface area (Å²) in [6, 6.07) is 18.9. The van der Waals surface area contributed by atoms with Crippen LogP contribution in [0.25, 0.3) is 39.2 Å². The summed E-state index contributed by atoms with van der Waals surface area (Å²) < 4.78 is 7.06. The highest BCUT2D eigenvalue weighted by molar-refractivity contribution is 6.39. The van der Waals surface area contributed by atoms with Crippen molar-refractivity contribution < 1.29 is 19.4 Å². The Kier molecular flexibility index (Phi) is 10.3. The van der Waals surface area contributed by atoms with E-state index in [0.29, 0.717) is 57.9 Å². The van der Waals surface area contributed by atoms with Gasteiger partial charge in [0.05, 0.1) is 35.0 Å². The Morgan fingerprint density at radius 2 is 1.76 bits per heavy atom. The summed E-state index contributed by atoms with van der Waals surface area (Å²) in [6.45, 7) is 1.15. The van der Waals surface area contributed by atoms with Crippen molar-refractivity contribution in [1.82, 2.24) is 29.9 Å². The maximum atomic E-state index is 13.1. The van der Waals surface area contributed by atoms with Crippen molar-refractivity contribution in [3.05, 3.63) is 105 Å². The second-order valence-electron chi connectivity index (χ2n) is 11.9. The summed E-state index contributed by atoms with van der Waals surface area (Å²) in [5.41, 5.74) is 5.72. The van der Waals surface area contributed by atoms with Crippen LogP contribution in [0.2, 0.25) is 10.0 Å². The first kappa shape index (κ1) is 34.1. The second kappa shape index (κ2) is 14.8. The number of aliphatic carboxylic acids is 1. The minimum atomic E-state index is -0.975. The number of hydrogen-bond donors (Lipinski definition) is 3. The van der Waals surface area contributed by atoms with E-state index in [1.807, 2.05) is 48.5 Å². The molecular formula is C36H34Cl2N6O5. The molecule has 1 aliphatic heterocycles. The average molecular weight is 702 g/mol. The number of benzene rings is 2. The van der Waals surface area contributed by atoms with Crippen molar-refractivity contribution in [2.24, 2.45) is 0 Å². The number of likely N-dealkylation sites (N-methyl/N-ethyl adjacent to an activating group) is 1. The number of aromatic nitrogens is 3. The standard InChI is InChI=1S/C36H34Cl2N6O5/c1-43(20-32(46)47)19-23-17-40-30-15-21(13-14-44(30)36(23)48)25-5-3-6-26(33(25)37)27-7-4-8-28(34(27)38)29-11-9-22(35(42-29)49-2)16-39-18-24-10-12-31(45)41-24/h3-9,11,13-15,17,24,39H,10,12,16,18-20H2,1-2H3,(H,41,45)(H,46,47). The number of methoxy groups -OCH3 is 1. The van der Waals surface area contributed by atoms with Crippen molar-refractivity contribution in [3.63, 3.8) is 0 Å². The summed E-state index contributed by atoms with van der Waals surface area (Å²) in [5.74, 6) is -0.413. The third-order valence-corrected chi connectivity index (χ3v) is 9.24. The first-order valence-corrected chi connectivity index (χ1v) is 16.4. The molecule has 0 bridgehead atoms. The van der Waals surface area contributed by atoms with E-state index in [1.165, 1.54) is 15.5 Å². The molecule has 6 rings (SSSR count). The van der Waals surface area contributed by atoms with Gasteiger partial charge in [-0.05, 0) is 37.2 Å². The molecule has 4 heterocycles. The van der Waals surface area contributed by atoms with Crippen LogP contribution in [-0.2, 0) is 22.7 Å². The monoisotopic (exact) mass is 700 g/mol. The maximum Gasteiger partial charge on any atom is 0.317 e. The van der Waals surface area contributed by atoms with Crippen LogP contribution in [0.4, 0.5) is 0 Å². The van der Waals surface area contributed by atoms with Gasteiger partial charge in [-0.25, -0.2) is 9.97 Å². The smallest absolute Gasteiger partial charge is 0.317 e. The molecule has 2 aromatic carbocycles. The molecule has 5 aromatic rings. The number of carboxylic acid groups (broad SMARTS) is 1. The number of fused-ring (bicyclic) bond motifs is 1. The van der Waals surface area contributed by atoms with Crippen molar-refractivity contribution in [2.75, 3.05) is 27.2 Å². The number of ether oxygens (including phenoxy) is 1. The van der Waals surface area contributed by atoms with E-state index in [1.54, 1.807) is 32.5 Å². The molecule has 1 amide bonds. The van der Waals surface area contributed by atoms with E-state index in [0.717, 1.165) is 34.2 Å². The number of halogens is 2. The van der Waals surface area contributed by atoms with E-state index in [2.05, 4.69) is 15.6 Å². The molecule has 3 aromatic heterocycles. The van der Waals surface area contributed by atoms with Crippen LogP contribution in [0.3, 0.4) is 0 Å². The molecule has 1 fully saturated rings. The lowest BCUT2D eigenvalue weighted by Gasteiger charge is -2.16. The predicted molar refractivity (Wildman–Crippen MR) is 189 cm³/mol. The van der Waals surface area contributed by atoms with E-state index in [-0.39, 0.29) is 30.6 Å². The Bertz CT molecular complexity index is 2120. The van der Waals surface area contributed by atoms with E-state index in [4.69, 9.17) is 38.0 Å². The SMILES string of the molecule is COc1nc(-c2cccc(-c3cccc(-c4ccn5c(=O)c(CN(C)CC(=O)O)cnc5c4)c3Cl)c2Cl)ccc1CNCC1CCC(=O)N1. The molecule has 13 heteroatoms. The molecule has 252 valence electrons. The maximum absolute atomic E-state index is 13.1. The third kappa shape index (κ3) is 7.45. The molecule has 0 aliphatic carbocycles. The highest BCUT2D eigenvalue weighted by Crippen LogP contribution is 2.42. The van der Waals surface area contributed by atoms with Crippen LogP contribution in [-0.4, -0.2) is 69.5 Å². The number of nitrogens with one attached hydrogen (secondary N) is 2. The lowest BCUT2D eigenvalue weighted by Crippen LogP contribution is -2.35. The Hall–Kier alpha value is -4.81. The zero-order valence-corrected chi connectivity index (χ0v) is 28.4. The number of hydrogen-bond acceptors (Lipinski definition) is 8. The number of carboxylic acids is 1. The van der Waals surface area contributed by atoms with E-state index in [9.17, 15) is 14.4 Å². The van der Waals surface area contributed by atoms with Crippen LogP contribution < -0.4 is 20.9 Å². The van der Waals surface area contributed by atoms with Crippen molar-refractivity contribution in [1.29, 1.82) is 0 Å². The fourth-order valence-corrected chi connectivity index (χ4v) is 6.67. The first-order valence-electron chi connectivity index (χ1n) is 15.7. The zero-order chi connectivity index (χ0) is 34.7. The molecular weight excluding hydrogens is 667 g/mol. The number of carbonyl (C=O) groups is 2. The molecule has 0 spiro atoms. The van der Waals surface area contributed by atoms with Gasteiger partial charge in [0.1, 0.15) is 5.65 Å². The number of amides is 1. The number of pyridine rings is 2. The normalized spacial score (nSPS) is 14.4. The summed E-state index contributed by atoms with van der Waals surface area (Å²) in [7, 11) is 3.21. The van der Waals surface area contributed by atoms with Gasteiger partial charge in [0, 0.05) is 72.3 Å². The molecule has 49 heavy (non-hydrogen) atoms. The van der Waals surface area contributed by atoms with Gasteiger partial charge in [-0.1, -0.05) is 65.7 Å². The van der Waals surface area contributed by atoms with Crippen molar-refractivity contribution in [3.8, 4) is 39.4 Å². The van der Waals surface area contributed by atoms with Crippen LogP contribution in [0.1, 0.15) is 24.0 Å². The zero-order valence-electron chi connectivity index (χ0n) is 26.9. The minimum absolute atomic E-state index is 0.0855. The van der Waals surface area contributed by atoms with Gasteiger partial charge in [-0.3, -0.25) is 23.7 Å². The van der Waals surface area contributed by atoms with E-state index < -0.39 is 5.97 Å². The first-order chi connectivity index (χ1) is 23.6. The lowest BCUT2D eigenvalue weighted by atomic mass is 9.97. The van der Waals surface area contributed by atoms with Gasteiger partial charge < -0.3 is 20.5 Å². The van der Waals surface area contributed by atoms with Crippen LogP contribution in [0.15, 0.2) is 77.9 Å². The van der Waals surface area contributed by atoms with Crippen molar-refractivity contribution >= 4 is 40.7 Å². The number of carbonyl (C=O) groups excluding carboxylic acids is 1. The second-order valence-corrected chi connectivity index (χ2v) is 12.7. The molecule has 1 saturated heterocycles. The molecule has 11 nitrogen and oxygen atoms in total. The van der Waals surface area contributed by atoms with E-state index >= 15 is 0 Å². The summed E-state index contributed by atoms with van der Waals surface area (Å²) in [4.78, 5) is 46.4. The Morgan fingerprint density at radius 1 is 1.04 bits per heavy atom. The molecule has 1 aliphatic rings. The van der Waals surface area contributed by atoms with Gasteiger partial charge in [-0.15, -0.1) is 0 Å². The fourth-order valence-electron chi connectivity index (χ4n) is 6.01. The summed E-state index contributed by atoms with van der Waals surface area (Å²) in [5, 5.41) is 16.3. The highest BCUT2D eigenvalue weighted by atomic mass is 35.5. The average Bonchev–Trinajstić information content (AvgIpc) is 3.50. The van der Waals surface area contributed by atoms with Crippen molar-refractivity contribution in [2.45, 2.75) is 32.0 Å². The summed E-state index contributed by atoms with van der Waals surface area (Å²) >= 11 is 14.1. The molecule has 1 unspecified atom stereocenters. The molecule has 0 saturated carbocycles. The Balaban J connectivity index is 1.26. The highest BCUT2D eigenvalue weighted by Gasteiger charge is 2.21. The number of nitrogens with zero attached hydrogens (tertiary/aromatic N) is 4. The Labute approximate surface area is 292 Å². The molecule has 3 N–H and O–H groups in total. The van der Waals surface area contributed by atoms with Crippen LogP contribution >= 0.6 is 23.2 Å². The largest absolute Gasteiger partial charge is 0.481 e. The van der Waals surface area contributed by atoms with Gasteiger partial charge >= 0.3 is 5.97 Å². The Morgan fingerprint density at radius 3 is 2.45 bits per heavy atom. The van der Waals surface area contributed by atoms with Crippen LogP contribution in [0, 0.1) is 0 Å². The number of rotatable bonds is 12. The minimum Gasteiger partial charge on any atom is -0.481 e. The lowest BCUT2D eigenvalue weighted by molar-refractivity contribution is -0.138. The quantitative estimate of drug-likeness (QED) is 0.159. The topological polar surface area (TPSA) is 138 Å². The van der Waals surface area contributed by atoms with Gasteiger partial charge in [0.25, 0.3) is 5.56 Å².